The van der Waals surface area contributed by atoms with Crippen molar-refractivity contribution in [3.05, 3.63) is 58.1 Å². The molecular weight excluding hydrogens is 470 g/mol. The molecule has 8 nitrogen and oxygen atoms in total. The number of rotatable bonds is 10. The van der Waals surface area contributed by atoms with Crippen molar-refractivity contribution in [2.24, 2.45) is 0 Å². The Bertz CT molecular complexity index is 1130. The van der Waals surface area contributed by atoms with E-state index in [1.54, 1.807) is 18.2 Å². The monoisotopic (exact) mass is 495 g/mol. The molecule has 1 N–H and O–H groups in total. The second kappa shape index (κ2) is 11.1. The predicted octanol–water partition coefficient (Wildman–Crippen LogP) is 3.76. The maximum atomic E-state index is 12.7. The zero-order valence-electron chi connectivity index (χ0n) is 18.4. The van der Waals surface area contributed by atoms with Crippen LogP contribution in [-0.4, -0.2) is 46.0 Å². The van der Waals surface area contributed by atoms with Gasteiger partial charge in [0.05, 0.1) is 23.3 Å². The third kappa shape index (κ3) is 6.54. The molecule has 1 unspecified atom stereocenters. The number of Topliss-reactive ketones (excluding diaryl/α,β-unsaturated/α-hetero) is 1. The second-order valence-corrected chi connectivity index (χ2v) is 9.66. The van der Waals surface area contributed by atoms with Crippen molar-refractivity contribution < 1.29 is 32.2 Å². The number of nitrogens with one attached hydrogen (secondary N) is 1. The fourth-order valence-corrected chi connectivity index (χ4v) is 4.95. The average molecular weight is 496 g/mol. The Kier molecular flexibility index (Phi) is 8.47. The van der Waals surface area contributed by atoms with E-state index >= 15 is 0 Å². The standard InChI is InChI=1S/C23H26ClNO7S/c1-3-30-21-9-7-16(15(2)26)11-18(21)14-32-23(27)17-6-8-20(24)22(12-17)33(28,29)25-13-19-5-4-10-31-19/h6-9,11-12,19,25H,3-5,10,13-14H2,1-2H3. The van der Waals surface area contributed by atoms with Gasteiger partial charge in [0.15, 0.2) is 5.78 Å². The number of carbonyl (C=O) groups excluding carboxylic acids is 2. The van der Waals surface area contributed by atoms with Gasteiger partial charge in [0.2, 0.25) is 10.0 Å². The van der Waals surface area contributed by atoms with Gasteiger partial charge in [-0.15, -0.1) is 0 Å². The van der Waals surface area contributed by atoms with E-state index in [2.05, 4.69) is 4.72 Å². The topological polar surface area (TPSA) is 108 Å². The predicted molar refractivity (Wildman–Crippen MR) is 122 cm³/mol. The van der Waals surface area contributed by atoms with Gasteiger partial charge in [-0.25, -0.2) is 17.9 Å². The van der Waals surface area contributed by atoms with E-state index in [9.17, 15) is 18.0 Å². The Morgan fingerprint density at radius 1 is 1.18 bits per heavy atom. The summed E-state index contributed by atoms with van der Waals surface area (Å²) in [7, 11) is -3.96. The summed E-state index contributed by atoms with van der Waals surface area (Å²) in [5.74, 6) is -0.375. The Morgan fingerprint density at radius 3 is 2.61 bits per heavy atom. The van der Waals surface area contributed by atoms with Gasteiger partial charge in [-0.2, -0.15) is 0 Å². The van der Waals surface area contributed by atoms with Crippen LogP contribution in [-0.2, 0) is 26.1 Å². The Balaban J connectivity index is 1.74. The first kappa shape index (κ1) is 25.2. The fourth-order valence-electron chi connectivity index (χ4n) is 3.36. The van der Waals surface area contributed by atoms with Crippen LogP contribution < -0.4 is 9.46 Å². The summed E-state index contributed by atoms with van der Waals surface area (Å²) in [6.45, 7) is 4.23. The molecule has 1 atom stereocenters. The molecule has 0 aliphatic carbocycles. The molecule has 10 heteroatoms. The van der Waals surface area contributed by atoms with Crippen LogP contribution >= 0.6 is 11.6 Å². The molecule has 2 aromatic rings. The third-order valence-corrected chi connectivity index (χ3v) is 7.01. The van der Waals surface area contributed by atoms with Crippen molar-refractivity contribution in [3.8, 4) is 5.75 Å². The van der Waals surface area contributed by atoms with Gasteiger partial charge in [-0.05, 0) is 63.1 Å². The summed E-state index contributed by atoms with van der Waals surface area (Å²) < 4.78 is 44.3. The SMILES string of the molecule is CCOc1ccc(C(C)=O)cc1COC(=O)c1ccc(Cl)c(S(=O)(=O)NCC2CCCO2)c1. The van der Waals surface area contributed by atoms with Gasteiger partial charge < -0.3 is 14.2 Å². The number of esters is 1. The third-order valence-electron chi connectivity index (χ3n) is 5.11. The van der Waals surface area contributed by atoms with E-state index in [4.69, 9.17) is 25.8 Å². The highest BCUT2D eigenvalue weighted by atomic mass is 35.5. The average Bonchev–Trinajstić information content (AvgIpc) is 3.31. The van der Waals surface area contributed by atoms with Gasteiger partial charge in [0.1, 0.15) is 17.3 Å². The molecule has 33 heavy (non-hydrogen) atoms. The van der Waals surface area contributed by atoms with Gasteiger partial charge in [-0.1, -0.05) is 11.6 Å². The maximum absolute atomic E-state index is 12.7. The number of hydrogen-bond donors (Lipinski definition) is 1. The van der Waals surface area contributed by atoms with Crippen LogP contribution in [0.25, 0.3) is 0 Å². The molecule has 1 aliphatic rings. The van der Waals surface area contributed by atoms with E-state index in [0.29, 0.717) is 30.1 Å². The van der Waals surface area contributed by atoms with E-state index < -0.39 is 16.0 Å². The van der Waals surface area contributed by atoms with Crippen LogP contribution in [0.5, 0.6) is 5.75 Å². The zero-order chi connectivity index (χ0) is 24.0. The number of ketones is 1. The summed E-state index contributed by atoms with van der Waals surface area (Å²) in [6, 6.07) is 8.79. The second-order valence-electron chi connectivity index (χ2n) is 7.52. The van der Waals surface area contributed by atoms with Crippen molar-refractivity contribution in [3.63, 3.8) is 0 Å². The molecule has 1 saturated heterocycles. The van der Waals surface area contributed by atoms with Crippen LogP contribution in [0.3, 0.4) is 0 Å². The molecule has 0 bridgehead atoms. The normalized spacial score (nSPS) is 15.9. The first-order valence-electron chi connectivity index (χ1n) is 10.6. The molecule has 178 valence electrons. The maximum Gasteiger partial charge on any atom is 0.338 e. The summed E-state index contributed by atoms with van der Waals surface area (Å²) in [4.78, 5) is 24.1. The molecule has 1 fully saturated rings. The molecule has 0 amide bonds. The van der Waals surface area contributed by atoms with Crippen LogP contribution in [0, 0.1) is 0 Å². The van der Waals surface area contributed by atoms with Crippen LogP contribution in [0.15, 0.2) is 41.3 Å². The highest BCUT2D eigenvalue weighted by molar-refractivity contribution is 7.89. The van der Waals surface area contributed by atoms with Gasteiger partial charge in [-0.3, -0.25) is 4.79 Å². The minimum Gasteiger partial charge on any atom is -0.493 e. The molecule has 2 aromatic carbocycles. The molecule has 1 aliphatic heterocycles. The van der Waals surface area contributed by atoms with E-state index in [-0.39, 0.29) is 40.5 Å². The number of ether oxygens (including phenoxy) is 3. The molecule has 0 radical (unpaired) electrons. The summed E-state index contributed by atoms with van der Waals surface area (Å²) in [6.07, 6.45) is 1.48. The smallest absolute Gasteiger partial charge is 0.338 e. The van der Waals surface area contributed by atoms with E-state index in [1.807, 2.05) is 6.92 Å². The minimum atomic E-state index is -3.96. The van der Waals surface area contributed by atoms with Crippen LogP contribution in [0.2, 0.25) is 5.02 Å². The van der Waals surface area contributed by atoms with Gasteiger partial charge in [0, 0.05) is 24.3 Å². The Labute approximate surface area is 198 Å². The molecular formula is C23H26ClNO7S. The molecule has 3 rings (SSSR count). The summed E-state index contributed by atoms with van der Waals surface area (Å²) in [5, 5.41) is -0.0146. The van der Waals surface area contributed by atoms with Crippen molar-refractivity contribution in [2.45, 2.75) is 44.3 Å². The largest absolute Gasteiger partial charge is 0.493 e. The fraction of sp³-hybridized carbons (Fsp3) is 0.391. The lowest BCUT2D eigenvalue weighted by Gasteiger charge is -2.14. The first-order valence-corrected chi connectivity index (χ1v) is 12.4. The van der Waals surface area contributed by atoms with E-state index in [1.165, 1.54) is 25.1 Å². The highest BCUT2D eigenvalue weighted by Crippen LogP contribution is 2.25. The molecule has 1 heterocycles. The lowest BCUT2D eigenvalue weighted by atomic mass is 10.1. The zero-order valence-corrected chi connectivity index (χ0v) is 20.0. The number of carbonyl (C=O) groups is 2. The van der Waals surface area contributed by atoms with Crippen molar-refractivity contribution >= 4 is 33.4 Å². The quantitative estimate of drug-likeness (QED) is 0.395. The number of hydrogen-bond acceptors (Lipinski definition) is 7. The van der Waals surface area contributed by atoms with Gasteiger partial charge in [0.25, 0.3) is 0 Å². The van der Waals surface area contributed by atoms with Crippen LogP contribution in [0.4, 0.5) is 0 Å². The number of benzene rings is 2. The number of halogens is 1. The Hall–Kier alpha value is -2.46. The lowest BCUT2D eigenvalue weighted by Crippen LogP contribution is -2.32. The summed E-state index contributed by atoms with van der Waals surface area (Å²) >= 11 is 6.11. The van der Waals surface area contributed by atoms with E-state index in [0.717, 1.165) is 12.8 Å². The van der Waals surface area contributed by atoms with Crippen molar-refractivity contribution in [2.75, 3.05) is 19.8 Å². The van der Waals surface area contributed by atoms with Crippen LogP contribution in [0.1, 0.15) is 53.0 Å². The molecule has 0 spiro atoms. The molecule has 0 saturated carbocycles. The summed E-state index contributed by atoms with van der Waals surface area (Å²) in [5.41, 5.74) is 1.01. The van der Waals surface area contributed by atoms with Crippen molar-refractivity contribution in [1.29, 1.82) is 0 Å². The Morgan fingerprint density at radius 2 is 1.94 bits per heavy atom. The molecule has 0 aromatic heterocycles. The minimum absolute atomic E-state index is 0.0146. The number of sulfonamides is 1. The highest BCUT2D eigenvalue weighted by Gasteiger charge is 2.24. The first-order chi connectivity index (χ1) is 15.7. The lowest BCUT2D eigenvalue weighted by molar-refractivity contribution is 0.0469. The van der Waals surface area contributed by atoms with Crippen molar-refractivity contribution in [1.82, 2.24) is 4.72 Å². The van der Waals surface area contributed by atoms with Gasteiger partial charge >= 0.3 is 5.97 Å².